The molecule has 0 radical (unpaired) electrons. The number of methoxy groups -OCH3 is 1. The van der Waals surface area contributed by atoms with Crippen LogP contribution in [0.25, 0.3) is 10.2 Å². The smallest absolute Gasteiger partial charge is 0.337 e. The fourth-order valence-electron chi connectivity index (χ4n) is 3.57. The van der Waals surface area contributed by atoms with Crippen molar-refractivity contribution in [2.24, 2.45) is 0 Å². The number of rotatable bonds is 4. The molecule has 0 bridgehead atoms. The molecular weight excluding hydrogens is 394 g/mol. The van der Waals surface area contributed by atoms with Gasteiger partial charge in [0.15, 0.2) is 5.13 Å². The molecule has 5 nitrogen and oxygen atoms in total. The zero-order valence-electron chi connectivity index (χ0n) is 15.9. The van der Waals surface area contributed by atoms with Crippen molar-refractivity contribution in [3.05, 3.63) is 58.1 Å². The number of aryl methyl sites for hydroxylation is 1. The Labute approximate surface area is 173 Å². The number of aromatic nitrogens is 1. The topological polar surface area (TPSA) is 45.7 Å². The first kappa shape index (κ1) is 19.2. The van der Waals surface area contributed by atoms with Gasteiger partial charge in [-0.2, -0.15) is 0 Å². The predicted molar refractivity (Wildman–Crippen MR) is 115 cm³/mol. The molecule has 2 aromatic carbocycles. The highest BCUT2D eigenvalue weighted by Gasteiger charge is 2.20. The third-order valence-corrected chi connectivity index (χ3v) is 6.26. The number of halogens is 1. The van der Waals surface area contributed by atoms with Crippen LogP contribution in [-0.2, 0) is 11.3 Å². The Morgan fingerprint density at radius 2 is 1.96 bits per heavy atom. The summed E-state index contributed by atoms with van der Waals surface area (Å²) >= 11 is 7.78. The van der Waals surface area contributed by atoms with E-state index in [9.17, 15) is 4.79 Å². The van der Waals surface area contributed by atoms with Crippen LogP contribution < -0.4 is 4.90 Å². The van der Waals surface area contributed by atoms with Crippen LogP contribution >= 0.6 is 22.9 Å². The second-order valence-electron chi connectivity index (χ2n) is 7.07. The Balaban J connectivity index is 1.41. The summed E-state index contributed by atoms with van der Waals surface area (Å²) in [4.78, 5) is 21.4. The Kier molecular flexibility index (Phi) is 5.53. The van der Waals surface area contributed by atoms with Crippen LogP contribution in [0.5, 0.6) is 0 Å². The molecule has 0 aliphatic carbocycles. The Hall–Kier alpha value is -2.15. The Bertz CT molecular complexity index is 1010. The number of nitrogens with zero attached hydrogens (tertiary/aromatic N) is 3. The SMILES string of the molecule is COC(=O)c1cc(C)cc(CN2CCN(c3nc4ccc(Cl)cc4s3)CC2)c1. The lowest BCUT2D eigenvalue weighted by Crippen LogP contribution is -2.45. The lowest BCUT2D eigenvalue weighted by Gasteiger charge is -2.34. The molecule has 0 amide bonds. The average Bonchev–Trinajstić information content (AvgIpc) is 3.10. The molecule has 7 heteroatoms. The quantitative estimate of drug-likeness (QED) is 0.592. The van der Waals surface area contributed by atoms with Crippen molar-refractivity contribution in [3.63, 3.8) is 0 Å². The summed E-state index contributed by atoms with van der Waals surface area (Å²) < 4.78 is 5.98. The fraction of sp³-hybridized carbons (Fsp3) is 0.333. The van der Waals surface area contributed by atoms with Gasteiger partial charge in [-0.25, -0.2) is 9.78 Å². The highest BCUT2D eigenvalue weighted by molar-refractivity contribution is 7.22. The number of piperazine rings is 1. The van der Waals surface area contributed by atoms with Crippen LogP contribution in [0, 0.1) is 6.92 Å². The van der Waals surface area contributed by atoms with E-state index < -0.39 is 0 Å². The zero-order valence-corrected chi connectivity index (χ0v) is 17.5. The van der Waals surface area contributed by atoms with E-state index in [0.29, 0.717) is 5.56 Å². The van der Waals surface area contributed by atoms with Crippen LogP contribution in [0.2, 0.25) is 5.02 Å². The van der Waals surface area contributed by atoms with Crippen molar-refractivity contribution >= 4 is 44.3 Å². The first-order valence-electron chi connectivity index (χ1n) is 9.24. The number of carbonyl (C=O) groups excluding carboxylic acids is 1. The van der Waals surface area contributed by atoms with Gasteiger partial charge < -0.3 is 9.64 Å². The van der Waals surface area contributed by atoms with Gasteiger partial charge in [-0.3, -0.25) is 4.90 Å². The molecule has 1 aromatic heterocycles. The van der Waals surface area contributed by atoms with Gasteiger partial charge >= 0.3 is 5.97 Å². The number of esters is 1. The van der Waals surface area contributed by atoms with Gasteiger partial charge in [0.05, 0.1) is 22.9 Å². The molecule has 146 valence electrons. The van der Waals surface area contributed by atoms with E-state index >= 15 is 0 Å². The third kappa shape index (κ3) is 4.14. The molecule has 3 aromatic rings. The monoisotopic (exact) mass is 415 g/mol. The van der Waals surface area contributed by atoms with E-state index in [2.05, 4.69) is 15.9 Å². The second-order valence-corrected chi connectivity index (χ2v) is 8.52. The molecule has 0 spiro atoms. The van der Waals surface area contributed by atoms with Crippen molar-refractivity contribution in [1.82, 2.24) is 9.88 Å². The second kappa shape index (κ2) is 8.07. The minimum absolute atomic E-state index is 0.286. The van der Waals surface area contributed by atoms with Gasteiger partial charge in [-0.15, -0.1) is 0 Å². The summed E-state index contributed by atoms with van der Waals surface area (Å²) in [5.41, 5.74) is 3.83. The predicted octanol–water partition coefficient (Wildman–Crippen LogP) is 4.37. The van der Waals surface area contributed by atoms with Crippen LogP contribution in [-0.4, -0.2) is 49.1 Å². The van der Waals surface area contributed by atoms with Gasteiger partial charge in [0.25, 0.3) is 0 Å². The maximum atomic E-state index is 11.8. The number of fused-ring (bicyclic) bond motifs is 1. The van der Waals surface area contributed by atoms with Gasteiger partial charge in [0.1, 0.15) is 0 Å². The van der Waals surface area contributed by atoms with Crippen LogP contribution in [0.1, 0.15) is 21.5 Å². The van der Waals surface area contributed by atoms with Crippen molar-refractivity contribution in [3.8, 4) is 0 Å². The van der Waals surface area contributed by atoms with Crippen molar-refractivity contribution in [2.45, 2.75) is 13.5 Å². The first-order chi connectivity index (χ1) is 13.5. The number of hydrogen-bond donors (Lipinski definition) is 0. The first-order valence-corrected chi connectivity index (χ1v) is 10.4. The molecule has 4 rings (SSSR count). The number of thiazole rings is 1. The van der Waals surface area contributed by atoms with Gasteiger partial charge in [0.2, 0.25) is 0 Å². The minimum atomic E-state index is -0.286. The maximum absolute atomic E-state index is 11.8. The molecule has 28 heavy (non-hydrogen) atoms. The minimum Gasteiger partial charge on any atom is -0.465 e. The summed E-state index contributed by atoms with van der Waals surface area (Å²) in [6.45, 7) is 6.62. The van der Waals surface area contributed by atoms with E-state index in [1.54, 1.807) is 11.3 Å². The molecule has 1 saturated heterocycles. The fourth-order valence-corrected chi connectivity index (χ4v) is 4.86. The molecule has 1 aliphatic heterocycles. The summed E-state index contributed by atoms with van der Waals surface area (Å²) in [6, 6.07) is 11.8. The van der Waals surface area contributed by atoms with Crippen LogP contribution in [0.4, 0.5) is 5.13 Å². The molecule has 2 heterocycles. The van der Waals surface area contributed by atoms with Crippen LogP contribution in [0.3, 0.4) is 0 Å². The van der Waals surface area contributed by atoms with Crippen molar-refractivity contribution in [2.75, 3.05) is 38.2 Å². The van der Waals surface area contributed by atoms with E-state index in [1.165, 1.54) is 7.11 Å². The molecule has 0 unspecified atom stereocenters. The Morgan fingerprint density at radius 1 is 1.18 bits per heavy atom. The largest absolute Gasteiger partial charge is 0.465 e. The van der Waals surface area contributed by atoms with E-state index in [0.717, 1.165) is 64.2 Å². The van der Waals surface area contributed by atoms with Crippen molar-refractivity contribution in [1.29, 1.82) is 0 Å². The summed E-state index contributed by atoms with van der Waals surface area (Å²) in [6.07, 6.45) is 0. The average molecular weight is 416 g/mol. The highest BCUT2D eigenvalue weighted by Crippen LogP contribution is 2.31. The normalized spacial score (nSPS) is 15.2. The number of anilines is 1. The third-order valence-electron chi connectivity index (χ3n) is 4.95. The maximum Gasteiger partial charge on any atom is 0.337 e. The van der Waals surface area contributed by atoms with Gasteiger partial charge in [-0.05, 0) is 48.4 Å². The van der Waals surface area contributed by atoms with E-state index in [4.69, 9.17) is 21.3 Å². The lowest BCUT2D eigenvalue weighted by molar-refractivity contribution is 0.0600. The molecule has 0 N–H and O–H groups in total. The highest BCUT2D eigenvalue weighted by atomic mass is 35.5. The van der Waals surface area contributed by atoms with Crippen molar-refractivity contribution < 1.29 is 9.53 Å². The molecular formula is C21H22ClN3O2S. The van der Waals surface area contributed by atoms with E-state index in [-0.39, 0.29) is 5.97 Å². The molecule has 0 atom stereocenters. The Morgan fingerprint density at radius 3 is 2.71 bits per heavy atom. The van der Waals surface area contributed by atoms with Gasteiger partial charge in [0, 0.05) is 37.7 Å². The molecule has 0 saturated carbocycles. The lowest BCUT2D eigenvalue weighted by atomic mass is 10.1. The summed E-state index contributed by atoms with van der Waals surface area (Å²) in [5.74, 6) is -0.286. The van der Waals surface area contributed by atoms with Gasteiger partial charge in [-0.1, -0.05) is 29.0 Å². The van der Waals surface area contributed by atoms with Crippen LogP contribution in [0.15, 0.2) is 36.4 Å². The number of benzene rings is 2. The molecule has 1 fully saturated rings. The van der Waals surface area contributed by atoms with E-state index in [1.807, 2.05) is 37.3 Å². The molecule has 1 aliphatic rings. The number of carbonyl (C=O) groups is 1. The summed E-state index contributed by atoms with van der Waals surface area (Å²) in [7, 11) is 1.42. The zero-order chi connectivity index (χ0) is 19.7. The standard InChI is InChI=1S/C21H22ClN3O2S/c1-14-9-15(11-16(10-14)20(26)27-2)13-24-5-7-25(8-6-24)21-23-18-4-3-17(22)12-19(18)28-21/h3-4,9-12H,5-8,13H2,1-2H3. The number of hydrogen-bond acceptors (Lipinski definition) is 6. The number of ether oxygens (including phenoxy) is 1. The summed E-state index contributed by atoms with van der Waals surface area (Å²) in [5, 5.41) is 1.80.